The first kappa shape index (κ1) is 15.4. The Kier molecular flexibility index (Phi) is 6.28. The molecule has 1 aromatic carbocycles. The van der Waals surface area contributed by atoms with Gasteiger partial charge in [0.1, 0.15) is 12.4 Å². The molecule has 0 heterocycles. The molecule has 0 aliphatic rings. The Balaban J connectivity index is 2.46. The van der Waals surface area contributed by atoms with E-state index in [9.17, 15) is 9.59 Å². The molecule has 0 aliphatic heterocycles. The van der Waals surface area contributed by atoms with Crippen LogP contribution in [0.2, 0.25) is 0 Å². The van der Waals surface area contributed by atoms with Gasteiger partial charge in [-0.15, -0.1) is 0 Å². The van der Waals surface area contributed by atoms with Crippen LogP contribution in [0.4, 0.5) is 4.79 Å². The molecular weight excluding hydrogens is 267 g/mol. The quantitative estimate of drug-likeness (QED) is 0.372. The first-order valence-corrected chi connectivity index (χ1v) is 6.01. The van der Waals surface area contributed by atoms with Crippen molar-refractivity contribution in [2.24, 2.45) is 0 Å². The largest absolute Gasteiger partial charge is 0.461 e. The van der Waals surface area contributed by atoms with E-state index in [1.54, 1.807) is 24.3 Å². The summed E-state index contributed by atoms with van der Waals surface area (Å²) < 4.78 is 14.5. The average molecular weight is 280 g/mol. The Morgan fingerprint density at radius 3 is 2.42 bits per heavy atom. The van der Waals surface area contributed by atoms with E-state index >= 15 is 0 Å². The van der Waals surface area contributed by atoms with Gasteiger partial charge in [0.05, 0.1) is 5.56 Å². The molecule has 0 fully saturated rings. The lowest BCUT2D eigenvalue weighted by Crippen LogP contribution is -2.12. The number of hydrogen-bond acceptors (Lipinski definition) is 6. The fourth-order valence-corrected chi connectivity index (χ4v) is 1.20. The van der Waals surface area contributed by atoms with Gasteiger partial charge in [-0.1, -0.05) is 6.92 Å². The lowest BCUT2D eigenvalue weighted by molar-refractivity contribution is 0.0510. The van der Waals surface area contributed by atoms with Crippen LogP contribution in [-0.2, 0) is 9.47 Å². The second-order valence-electron chi connectivity index (χ2n) is 3.70. The fraction of sp³-hybridized carbons (Fsp3) is 0.333. The van der Waals surface area contributed by atoms with E-state index in [1.807, 2.05) is 6.92 Å². The SMILES string of the molecule is [B]C(=O)OCOc1ccc(C(=O)OCC(C)S)cc1. The summed E-state index contributed by atoms with van der Waals surface area (Å²) >= 11 is 4.11. The zero-order valence-electron chi connectivity index (χ0n) is 10.4. The fourth-order valence-electron chi connectivity index (χ4n) is 1.12. The van der Waals surface area contributed by atoms with Crippen molar-refractivity contribution in [3.63, 3.8) is 0 Å². The van der Waals surface area contributed by atoms with Gasteiger partial charge in [-0.25, -0.2) is 4.79 Å². The zero-order valence-corrected chi connectivity index (χ0v) is 11.3. The van der Waals surface area contributed by atoms with Crippen LogP contribution in [0.5, 0.6) is 5.75 Å². The molecule has 1 aromatic rings. The van der Waals surface area contributed by atoms with E-state index < -0.39 is 11.8 Å². The topological polar surface area (TPSA) is 61.8 Å². The number of esters is 1. The molecule has 1 unspecified atom stereocenters. The molecular formula is C12H13BO5S. The Hall–Kier alpha value is -1.63. The number of ether oxygens (including phenoxy) is 3. The van der Waals surface area contributed by atoms with Gasteiger partial charge in [-0.3, -0.25) is 4.79 Å². The van der Waals surface area contributed by atoms with Crippen LogP contribution >= 0.6 is 12.6 Å². The van der Waals surface area contributed by atoms with Crippen LogP contribution in [-0.4, -0.2) is 38.3 Å². The maximum absolute atomic E-state index is 11.6. The van der Waals surface area contributed by atoms with Gasteiger partial charge in [0.15, 0.2) is 0 Å². The molecule has 0 aromatic heterocycles. The van der Waals surface area contributed by atoms with Crippen LogP contribution in [0.15, 0.2) is 24.3 Å². The predicted molar refractivity (Wildman–Crippen MR) is 72.9 cm³/mol. The predicted octanol–water partition coefficient (Wildman–Crippen LogP) is 1.80. The zero-order chi connectivity index (χ0) is 14.3. The summed E-state index contributed by atoms with van der Waals surface area (Å²) in [5.41, 5.74) is 0.400. The molecule has 0 saturated carbocycles. The average Bonchev–Trinajstić information content (AvgIpc) is 2.36. The second-order valence-corrected chi connectivity index (χ2v) is 4.58. The van der Waals surface area contributed by atoms with Crippen LogP contribution in [0.3, 0.4) is 0 Å². The summed E-state index contributed by atoms with van der Waals surface area (Å²) in [5, 5.41) is -0.0162. The summed E-state index contributed by atoms with van der Waals surface area (Å²) in [4.78, 5) is 21.9. The molecule has 0 N–H and O–H groups in total. The van der Waals surface area contributed by atoms with E-state index in [4.69, 9.17) is 17.3 Å². The third-order valence-electron chi connectivity index (χ3n) is 1.97. The summed E-state index contributed by atoms with van der Waals surface area (Å²) in [7, 11) is 4.77. The minimum atomic E-state index is -0.916. The van der Waals surface area contributed by atoms with Crippen LogP contribution in [0, 0.1) is 0 Å². The molecule has 19 heavy (non-hydrogen) atoms. The van der Waals surface area contributed by atoms with E-state index in [0.717, 1.165) is 0 Å². The molecule has 0 aliphatic carbocycles. The Labute approximate surface area is 118 Å². The van der Waals surface area contributed by atoms with Crippen molar-refractivity contribution in [2.45, 2.75) is 12.2 Å². The van der Waals surface area contributed by atoms with Crippen molar-refractivity contribution < 1.29 is 23.8 Å². The molecule has 1 atom stereocenters. The lowest BCUT2D eigenvalue weighted by Gasteiger charge is -2.08. The Morgan fingerprint density at radius 2 is 1.89 bits per heavy atom. The monoisotopic (exact) mass is 280 g/mol. The van der Waals surface area contributed by atoms with Crippen molar-refractivity contribution in [3.8, 4) is 5.75 Å². The Bertz CT molecular complexity index is 432. The second kappa shape index (κ2) is 7.73. The first-order valence-electron chi connectivity index (χ1n) is 5.49. The Morgan fingerprint density at radius 1 is 1.26 bits per heavy atom. The van der Waals surface area contributed by atoms with Gasteiger partial charge in [0.2, 0.25) is 20.5 Å². The maximum Gasteiger partial charge on any atom is 0.338 e. The smallest absolute Gasteiger partial charge is 0.338 e. The highest BCUT2D eigenvalue weighted by Crippen LogP contribution is 2.13. The molecule has 0 spiro atoms. The van der Waals surface area contributed by atoms with E-state index in [-0.39, 0.29) is 18.6 Å². The molecule has 0 amide bonds. The van der Waals surface area contributed by atoms with Gasteiger partial charge in [-0.05, 0) is 24.3 Å². The van der Waals surface area contributed by atoms with Crippen molar-refractivity contribution in [2.75, 3.05) is 13.4 Å². The highest BCUT2D eigenvalue weighted by molar-refractivity contribution is 7.80. The standard InChI is InChI=1S/C12H13BO5S/c1-8(19)6-16-11(14)9-2-4-10(5-3-9)17-7-18-12(13)15/h2-5,8,19H,6-7H2,1H3. The van der Waals surface area contributed by atoms with E-state index in [1.165, 1.54) is 0 Å². The van der Waals surface area contributed by atoms with Crippen molar-refractivity contribution in [1.82, 2.24) is 0 Å². The number of thiol groups is 1. The van der Waals surface area contributed by atoms with E-state index in [2.05, 4.69) is 17.4 Å². The summed E-state index contributed by atoms with van der Waals surface area (Å²) in [6.07, 6.45) is 0. The minimum absolute atomic E-state index is 0.0162. The summed E-state index contributed by atoms with van der Waals surface area (Å²) in [6, 6.07) is 6.21. The normalized spacial score (nSPS) is 11.5. The van der Waals surface area contributed by atoms with E-state index in [0.29, 0.717) is 11.3 Å². The molecule has 2 radical (unpaired) electrons. The minimum Gasteiger partial charge on any atom is -0.461 e. The number of hydrogen-bond donors (Lipinski definition) is 1. The van der Waals surface area contributed by atoms with Crippen molar-refractivity contribution in [3.05, 3.63) is 29.8 Å². The molecule has 0 saturated heterocycles. The van der Waals surface area contributed by atoms with Crippen molar-refractivity contribution in [1.29, 1.82) is 0 Å². The first-order chi connectivity index (χ1) is 8.99. The van der Waals surface area contributed by atoms with Crippen molar-refractivity contribution >= 4 is 32.3 Å². The van der Waals surface area contributed by atoms with Gasteiger partial charge in [0.25, 0.3) is 0 Å². The lowest BCUT2D eigenvalue weighted by atomic mass is 10.2. The number of carbonyl (C=O) groups excluding carboxylic acids is 2. The molecule has 7 heteroatoms. The number of rotatable bonds is 6. The summed E-state index contributed by atoms with van der Waals surface area (Å²) in [5.74, 6) is -0.901. The summed E-state index contributed by atoms with van der Waals surface area (Å²) in [6.45, 7) is 1.79. The molecule has 100 valence electrons. The van der Waals surface area contributed by atoms with Crippen LogP contribution in [0.1, 0.15) is 17.3 Å². The van der Waals surface area contributed by atoms with Gasteiger partial charge < -0.3 is 14.2 Å². The van der Waals surface area contributed by atoms with Gasteiger partial charge >= 0.3 is 5.97 Å². The maximum atomic E-state index is 11.6. The van der Waals surface area contributed by atoms with Gasteiger partial charge in [0, 0.05) is 5.25 Å². The third-order valence-corrected chi connectivity index (χ3v) is 2.12. The highest BCUT2D eigenvalue weighted by atomic mass is 32.1. The highest BCUT2D eigenvalue weighted by Gasteiger charge is 2.08. The number of benzene rings is 1. The van der Waals surface area contributed by atoms with Crippen LogP contribution in [0.25, 0.3) is 0 Å². The molecule has 1 rings (SSSR count). The third kappa shape index (κ3) is 6.19. The number of carbonyl (C=O) groups is 2. The van der Waals surface area contributed by atoms with Gasteiger partial charge in [-0.2, -0.15) is 12.6 Å². The van der Waals surface area contributed by atoms with Crippen LogP contribution < -0.4 is 4.74 Å². The molecule has 5 nitrogen and oxygen atoms in total. The molecule has 0 bridgehead atoms.